The van der Waals surface area contributed by atoms with Gasteiger partial charge in [-0.1, -0.05) is 37.3 Å². The van der Waals surface area contributed by atoms with Gasteiger partial charge in [0.2, 0.25) is 5.91 Å². The minimum absolute atomic E-state index is 0.00900. The molecule has 136 valence electrons. The first-order chi connectivity index (χ1) is 12.0. The molecular weight excluding hydrogens is 312 g/mol. The Hall–Kier alpha value is -1.68. The summed E-state index contributed by atoms with van der Waals surface area (Å²) in [6, 6.07) is 10.5. The first-order valence-corrected chi connectivity index (χ1v) is 9.56. The molecule has 0 unspecified atom stereocenters. The molecule has 2 fully saturated rings. The molecular formula is C21H30N2O2. The molecule has 1 aliphatic heterocycles. The van der Waals surface area contributed by atoms with Crippen LogP contribution in [-0.4, -0.2) is 35.2 Å². The highest BCUT2D eigenvalue weighted by Gasteiger charge is 2.38. The van der Waals surface area contributed by atoms with Crippen LogP contribution in [0.4, 0.5) is 0 Å². The summed E-state index contributed by atoms with van der Waals surface area (Å²) in [7, 11) is 0. The number of amides is 1. The zero-order valence-electron chi connectivity index (χ0n) is 15.5. The Bertz CT molecular complexity index is 616. The number of rotatable bonds is 5. The van der Waals surface area contributed by atoms with Gasteiger partial charge in [-0.2, -0.15) is 0 Å². The van der Waals surface area contributed by atoms with E-state index in [4.69, 9.17) is 0 Å². The summed E-state index contributed by atoms with van der Waals surface area (Å²) >= 11 is 0. The summed E-state index contributed by atoms with van der Waals surface area (Å²) in [4.78, 5) is 26.7. The van der Waals surface area contributed by atoms with Crippen molar-refractivity contribution in [3.63, 3.8) is 0 Å². The first kappa shape index (κ1) is 18.1. The van der Waals surface area contributed by atoms with Crippen molar-refractivity contribution in [2.75, 3.05) is 13.1 Å². The molecule has 2 aliphatic rings. The Kier molecular flexibility index (Phi) is 5.57. The van der Waals surface area contributed by atoms with Crippen molar-refractivity contribution >= 4 is 11.7 Å². The molecule has 1 amide bonds. The summed E-state index contributed by atoms with van der Waals surface area (Å²) in [6.07, 6.45) is 4.10. The molecule has 4 nitrogen and oxygen atoms in total. The normalized spacial score (nSPS) is 30.4. The van der Waals surface area contributed by atoms with Crippen LogP contribution in [-0.2, 0) is 16.1 Å². The fourth-order valence-electron chi connectivity index (χ4n) is 4.36. The number of hydrogen-bond acceptors (Lipinski definition) is 3. The molecule has 1 heterocycles. The van der Waals surface area contributed by atoms with E-state index in [2.05, 4.69) is 41.4 Å². The molecule has 1 aromatic carbocycles. The lowest BCUT2D eigenvalue weighted by Gasteiger charge is -2.36. The van der Waals surface area contributed by atoms with E-state index in [0.29, 0.717) is 31.6 Å². The van der Waals surface area contributed by atoms with Crippen LogP contribution in [0.5, 0.6) is 0 Å². The van der Waals surface area contributed by atoms with Gasteiger partial charge in [0.1, 0.15) is 5.78 Å². The number of carbonyl (C=O) groups excluding carboxylic acids is 2. The number of ketones is 1. The zero-order valence-corrected chi connectivity index (χ0v) is 15.5. The SMILES string of the molecule is C[C@@H]1CC(=O)CC[C@@H]1C(=O)NC[C@@]1(C)CCCN1Cc1ccccc1. The number of carbonyl (C=O) groups is 2. The van der Waals surface area contributed by atoms with Crippen LogP contribution in [0, 0.1) is 11.8 Å². The van der Waals surface area contributed by atoms with E-state index < -0.39 is 0 Å². The van der Waals surface area contributed by atoms with Crippen molar-refractivity contribution in [3.8, 4) is 0 Å². The molecule has 3 rings (SSSR count). The largest absolute Gasteiger partial charge is 0.354 e. The third-order valence-corrected chi connectivity index (χ3v) is 6.07. The van der Waals surface area contributed by atoms with Gasteiger partial charge in [-0.05, 0) is 44.2 Å². The highest BCUT2D eigenvalue weighted by atomic mass is 16.2. The smallest absolute Gasteiger partial charge is 0.223 e. The standard InChI is InChI=1S/C21H30N2O2/c1-16-13-18(24)9-10-19(16)20(25)22-15-21(2)11-6-12-23(21)14-17-7-4-3-5-8-17/h3-5,7-8,16,19H,6,9-15H2,1-2H3,(H,22,25)/t16-,19+,21-/m1/s1. The van der Waals surface area contributed by atoms with Gasteiger partial charge >= 0.3 is 0 Å². The number of benzene rings is 1. The topological polar surface area (TPSA) is 49.4 Å². The maximum atomic E-state index is 12.6. The number of nitrogens with one attached hydrogen (secondary N) is 1. The molecule has 4 heteroatoms. The monoisotopic (exact) mass is 342 g/mol. The van der Waals surface area contributed by atoms with Crippen molar-refractivity contribution in [2.24, 2.45) is 11.8 Å². The molecule has 0 bridgehead atoms. The molecule has 0 spiro atoms. The summed E-state index contributed by atoms with van der Waals surface area (Å²) in [5.41, 5.74) is 1.33. The predicted octanol–water partition coefficient (Wildman–Crippen LogP) is 3.16. The first-order valence-electron chi connectivity index (χ1n) is 9.56. The summed E-state index contributed by atoms with van der Waals surface area (Å²) in [5, 5.41) is 3.20. The lowest BCUT2D eigenvalue weighted by Crippen LogP contribution is -2.51. The minimum atomic E-state index is -0.00900. The predicted molar refractivity (Wildman–Crippen MR) is 99.0 cm³/mol. The molecule has 1 saturated heterocycles. The van der Waals surface area contributed by atoms with Crippen molar-refractivity contribution in [1.29, 1.82) is 0 Å². The van der Waals surface area contributed by atoms with E-state index in [9.17, 15) is 9.59 Å². The summed E-state index contributed by atoms with van der Waals surface area (Å²) < 4.78 is 0. The molecule has 0 radical (unpaired) electrons. The third kappa shape index (κ3) is 4.30. The third-order valence-electron chi connectivity index (χ3n) is 6.07. The van der Waals surface area contributed by atoms with Crippen molar-refractivity contribution < 1.29 is 9.59 Å². The van der Waals surface area contributed by atoms with Gasteiger partial charge in [-0.25, -0.2) is 0 Å². The average molecular weight is 342 g/mol. The van der Waals surface area contributed by atoms with Crippen LogP contribution in [0.1, 0.15) is 51.5 Å². The minimum Gasteiger partial charge on any atom is -0.354 e. The number of hydrogen-bond donors (Lipinski definition) is 1. The Morgan fingerprint density at radius 1 is 1.32 bits per heavy atom. The van der Waals surface area contributed by atoms with E-state index in [1.165, 1.54) is 12.0 Å². The van der Waals surface area contributed by atoms with E-state index in [1.54, 1.807) is 0 Å². The van der Waals surface area contributed by atoms with Crippen molar-refractivity contribution in [3.05, 3.63) is 35.9 Å². The molecule has 0 aromatic heterocycles. The van der Waals surface area contributed by atoms with Crippen LogP contribution >= 0.6 is 0 Å². The van der Waals surface area contributed by atoms with Crippen LogP contribution < -0.4 is 5.32 Å². The fourth-order valence-corrected chi connectivity index (χ4v) is 4.36. The van der Waals surface area contributed by atoms with Gasteiger partial charge in [0, 0.05) is 37.4 Å². The Morgan fingerprint density at radius 3 is 2.80 bits per heavy atom. The van der Waals surface area contributed by atoms with Crippen molar-refractivity contribution in [1.82, 2.24) is 10.2 Å². The van der Waals surface area contributed by atoms with Gasteiger partial charge in [-0.3, -0.25) is 14.5 Å². The van der Waals surface area contributed by atoms with Gasteiger partial charge < -0.3 is 5.32 Å². The van der Waals surface area contributed by atoms with Gasteiger partial charge in [0.25, 0.3) is 0 Å². The van der Waals surface area contributed by atoms with Crippen LogP contribution in [0.2, 0.25) is 0 Å². The van der Waals surface area contributed by atoms with Gasteiger partial charge in [0.05, 0.1) is 0 Å². The summed E-state index contributed by atoms with van der Waals surface area (Å²) in [5.74, 6) is 0.587. The van der Waals surface area contributed by atoms with Crippen LogP contribution in [0.15, 0.2) is 30.3 Å². The Labute approximate surface area is 151 Å². The summed E-state index contributed by atoms with van der Waals surface area (Å²) in [6.45, 7) is 6.99. The molecule has 1 aliphatic carbocycles. The highest BCUT2D eigenvalue weighted by molar-refractivity contribution is 5.85. The fraction of sp³-hybridized carbons (Fsp3) is 0.619. The second kappa shape index (κ2) is 7.69. The Morgan fingerprint density at radius 2 is 2.08 bits per heavy atom. The molecule has 1 saturated carbocycles. The maximum absolute atomic E-state index is 12.6. The number of Topliss-reactive ketones (excluding diaryl/α,β-unsaturated/α-hetero) is 1. The molecule has 1 aromatic rings. The van der Waals surface area contributed by atoms with E-state index in [1.807, 2.05) is 13.0 Å². The molecule has 3 atom stereocenters. The van der Waals surface area contributed by atoms with E-state index in [0.717, 1.165) is 19.5 Å². The van der Waals surface area contributed by atoms with Crippen molar-refractivity contribution in [2.45, 2.75) is 58.0 Å². The number of nitrogens with zero attached hydrogens (tertiary/aromatic N) is 1. The van der Waals surface area contributed by atoms with Gasteiger partial charge in [-0.15, -0.1) is 0 Å². The second-order valence-corrected chi connectivity index (χ2v) is 8.09. The lowest BCUT2D eigenvalue weighted by molar-refractivity contribution is -0.131. The van der Waals surface area contributed by atoms with E-state index in [-0.39, 0.29) is 23.3 Å². The van der Waals surface area contributed by atoms with Crippen LogP contribution in [0.3, 0.4) is 0 Å². The highest BCUT2D eigenvalue weighted by Crippen LogP contribution is 2.31. The lowest BCUT2D eigenvalue weighted by atomic mass is 9.79. The second-order valence-electron chi connectivity index (χ2n) is 8.09. The van der Waals surface area contributed by atoms with Gasteiger partial charge in [0.15, 0.2) is 0 Å². The molecule has 25 heavy (non-hydrogen) atoms. The quantitative estimate of drug-likeness (QED) is 0.894. The molecule has 1 N–H and O–H groups in total. The zero-order chi connectivity index (χ0) is 17.9. The van der Waals surface area contributed by atoms with Crippen LogP contribution in [0.25, 0.3) is 0 Å². The average Bonchev–Trinajstić information content (AvgIpc) is 2.95. The number of likely N-dealkylation sites (tertiary alicyclic amines) is 1. The Balaban J connectivity index is 1.57. The van der Waals surface area contributed by atoms with E-state index >= 15 is 0 Å². The maximum Gasteiger partial charge on any atom is 0.223 e.